The molecule has 0 bridgehead atoms. The van der Waals surface area contributed by atoms with E-state index in [-0.39, 0.29) is 24.8 Å². The Labute approximate surface area is 129 Å². The van der Waals surface area contributed by atoms with Crippen molar-refractivity contribution in [3.05, 3.63) is 39.8 Å². The second kappa shape index (κ2) is 4.31. The van der Waals surface area contributed by atoms with Gasteiger partial charge >= 0.3 is 106 Å². The predicted octanol–water partition coefficient (Wildman–Crippen LogP) is 5.49. The fourth-order valence-electron chi connectivity index (χ4n) is 3.25. The number of rotatable bonds is 2. The molecule has 0 atom stereocenters. The third-order valence-corrected chi connectivity index (χ3v) is 35.3. The molecule has 20 heavy (non-hydrogen) atoms. The molecule has 0 unspecified atom stereocenters. The van der Waals surface area contributed by atoms with Gasteiger partial charge in [-0.05, 0) is 0 Å². The van der Waals surface area contributed by atoms with Crippen LogP contribution < -0.4 is 3.40 Å². The number of hydrogen-bond acceptors (Lipinski definition) is 0. The van der Waals surface area contributed by atoms with Crippen LogP contribution in [-0.2, 0) is 15.3 Å². The van der Waals surface area contributed by atoms with Crippen LogP contribution >= 0.6 is 24.8 Å². The Morgan fingerprint density at radius 2 is 1.70 bits per heavy atom. The van der Waals surface area contributed by atoms with Gasteiger partial charge < -0.3 is 0 Å². The molecule has 0 spiro atoms. The van der Waals surface area contributed by atoms with Crippen molar-refractivity contribution < 1.29 is 15.3 Å². The van der Waals surface area contributed by atoms with Crippen molar-refractivity contribution in [2.24, 2.45) is 0 Å². The first-order chi connectivity index (χ1) is 7.95. The van der Waals surface area contributed by atoms with Gasteiger partial charge in [-0.25, -0.2) is 0 Å². The first kappa shape index (κ1) is 20.1. The average molecular weight is 398 g/mol. The van der Waals surface area contributed by atoms with E-state index < -0.39 is 15.3 Å². The van der Waals surface area contributed by atoms with E-state index in [9.17, 15) is 0 Å². The van der Waals surface area contributed by atoms with Gasteiger partial charge in [-0.15, -0.1) is 24.8 Å². The number of H-pyrrole nitrogens is 1. The summed E-state index contributed by atoms with van der Waals surface area (Å²) in [7, 11) is 0. The maximum Gasteiger partial charge on any atom is -0.147 e. The maximum atomic E-state index is 3.55. The molecule has 1 aromatic rings. The molecule has 116 valence electrons. The summed E-state index contributed by atoms with van der Waals surface area (Å²) in [6, 6.07) is 4.42. The SMILES string of the molecule is C[C](C)=[Zr]([CH3])([CH3])([CH3])([CH3])([C]1=CC=CC1)[c]1ccc[nH]1.Cl.Cl. The molecule has 0 saturated heterocycles. The minimum atomic E-state index is -4.22. The van der Waals surface area contributed by atoms with Crippen molar-refractivity contribution in [2.75, 3.05) is 0 Å². The Bertz CT molecular complexity index is 672. The van der Waals surface area contributed by atoms with Crippen LogP contribution in [0.3, 0.4) is 0 Å². The monoisotopic (exact) mass is 395 g/mol. The van der Waals surface area contributed by atoms with Crippen molar-refractivity contribution in [1.82, 2.24) is 4.98 Å². The van der Waals surface area contributed by atoms with Crippen LogP contribution in [0.1, 0.15) is 20.3 Å². The third kappa shape index (κ3) is 2.11. The number of allylic oxidation sites excluding steroid dienone is 4. The summed E-state index contributed by atoms with van der Waals surface area (Å²) >= 11 is -4.22. The first-order valence-electron chi connectivity index (χ1n) is 6.96. The van der Waals surface area contributed by atoms with Crippen LogP contribution in [0.2, 0.25) is 18.5 Å². The quantitative estimate of drug-likeness (QED) is 0.679. The topological polar surface area (TPSA) is 15.8 Å². The molecule has 0 radical (unpaired) electrons. The molecule has 0 aliphatic heterocycles. The normalized spacial score (nSPS) is 19.5. The Morgan fingerprint density at radius 3 is 2.05 bits per heavy atom. The van der Waals surface area contributed by atoms with E-state index in [4.69, 9.17) is 0 Å². The molecular weight excluding hydrogens is 368 g/mol. The molecule has 2 rings (SSSR count). The molecule has 1 aromatic heterocycles. The summed E-state index contributed by atoms with van der Waals surface area (Å²) in [5.74, 6) is 0. The van der Waals surface area contributed by atoms with Gasteiger partial charge in [0.05, 0.1) is 0 Å². The zero-order chi connectivity index (χ0) is 13.8. The van der Waals surface area contributed by atoms with Crippen LogP contribution in [-0.4, -0.2) is 8.19 Å². The molecule has 0 fully saturated rings. The maximum absolute atomic E-state index is 4.22. The van der Waals surface area contributed by atoms with Gasteiger partial charge in [0.2, 0.25) is 0 Å². The Kier molecular flexibility index (Phi) is 4.33. The molecule has 1 aliphatic rings. The molecular formula is C16H29Cl2NZr. The summed E-state index contributed by atoms with van der Waals surface area (Å²) in [6.45, 7) is 4.64. The molecule has 0 amide bonds. The number of aromatic nitrogens is 1. The summed E-state index contributed by atoms with van der Waals surface area (Å²) in [4.78, 5) is 3.55. The Morgan fingerprint density at radius 1 is 1.10 bits per heavy atom. The van der Waals surface area contributed by atoms with Crippen molar-refractivity contribution in [3.8, 4) is 0 Å². The fraction of sp³-hybridized carbons (Fsp3) is 0.438. The molecule has 1 heterocycles. The van der Waals surface area contributed by atoms with Crippen molar-refractivity contribution in [1.29, 1.82) is 0 Å². The largest absolute Gasteiger partial charge is 0.147 e. The minimum absolute atomic E-state index is 0. The van der Waals surface area contributed by atoms with Gasteiger partial charge in [0.15, 0.2) is 0 Å². The summed E-state index contributed by atoms with van der Waals surface area (Å²) < 4.78 is 14.8. The summed E-state index contributed by atoms with van der Waals surface area (Å²) in [5.41, 5.74) is 0. The van der Waals surface area contributed by atoms with Gasteiger partial charge in [-0.2, -0.15) is 0 Å². The van der Waals surface area contributed by atoms with E-state index in [1.807, 2.05) is 0 Å². The summed E-state index contributed by atoms with van der Waals surface area (Å²) in [6.07, 6.45) is 10.0. The zero-order valence-corrected chi connectivity index (χ0v) is 17.6. The van der Waals surface area contributed by atoms with E-state index in [2.05, 4.69) is 73.9 Å². The molecule has 0 saturated carbocycles. The molecule has 4 heteroatoms. The number of halogens is 2. The predicted molar refractivity (Wildman–Crippen MR) is 96.6 cm³/mol. The number of nitrogens with one attached hydrogen (secondary N) is 1. The van der Waals surface area contributed by atoms with Gasteiger partial charge in [0.25, 0.3) is 0 Å². The second-order valence-corrected chi connectivity index (χ2v) is 46.5. The van der Waals surface area contributed by atoms with Crippen molar-refractivity contribution in [3.63, 3.8) is 0 Å². The van der Waals surface area contributed by atoms with Gasteiger partial charge in [-0.1, -0.05) is 0 Å². The number of hydrogen-bond donors (Lipinski definition) is 1. The third-order valence-electron chi connectivity index (χ3n) is 6.82. The smallest absolute Gasteiger partial charge is 0.147 e. The van der Waals surface area contributed by atoms with E-state index in [0.29, 0.717) is 0 Å². The molecule has 1 aliphatic carbocycles. The number of aromatic amines is 1. The summed E-state index contributed by atoms with van der Waals surface area (Å²) in [5, 5.41) is 0. The fourth-order valence-corrected chi connectivity index (χ4v) is 16.3. The van der Waals surface area contributed by atoms with E-state index in [1.54, 1.807) is 6.49 Å². The van der Waals surface area contributed by atoms with Crippen LogP contribution in [0, 0.1) is 0 Å². The van der Waals surface area contributed by atoms with Crippen LogP contribution in [0.4, 0.5) is 0 Å². The molecule has 1 N–H and O–H groups in total. The standard InChI is InChI=1S/C5H5.C4H4N.C3H6.4CH3.2ClH.Zr/c2*1-2-4-5-3-1;1-3-2;;;;;;;/h1-3H,4H2;1-3,5H;1-2H3;4*1H3;2*1H;. The Hall–Kier alpha value is 0.0931. The van der Waals surface area contributed by atoms with Gasteiger partial charge in [0, 0.05) is 0 Å². The van der Waals surface area contributed by atoms with E-state index in [1.165, 1.54) is 3.40 Å². The molecule has 1 nitrogen and oxygen atoms in total. The second-order valence-electron chi connectivity index (χ2n) is 9.78. The van der Waals surface area contributed by atoms with E-state index >= 15 is 0 Å². The molecule has 0 aromatic carbocycles. The van der Waals surface area contributed by atoms with E-state index in [0.717, 1.165) is 6.42 Å². The van der Waals surface area contributed by atoms with Gasteiger partial charge in [0.1, 0.15) is 0 Å². The van der Waals surface area contributed by atoms with Gasteiger partial charge in [-0.3, -0.25) is 0 Å². The first-order valence-corrected chi connectivity index (χ1v) is 20.5. The zero-order valence-electron chi connectivity index (χ0n) is 13.5. The van der Waals surface area contributed by atoms with Crippen molar-refractivity contribution in [2.45, 2.75) is 38.8 Å². The van der Waals surface area contributed by atoms with Crippen LogP contribution in [0.25, 0.3) is 0 Å². The Balaban J connectivity index is 0.00000180. The van der Waals surface area contributed by atoms with Crippen LogP contribution in [0.15, 0.2) is 39.8 Å². The van der Waals surface area contributed by atoms with Crippen LogP contribution in [0.5, 0.6) is 0 Å². The average Bonchev–Trinajstić information content (AvgIpc) is 2.92. The minimum Gasteiger partial charge on any atom is -0.147 e. The van der Waals surface area contributed by atoms with Crippen molar-refractivity contribution >= 4 is 31.4 Å².